The van der Waals surface area contributed by atoms with Gasteiger partial charge in [-0.3, -0.25) is 4.79 Å². The topological polar surface area (TPSA) is 72.7 Å². The highest BCUT2D eigenvalue weighted by Crippen LogP contribution is 2.23. The molecule has 23 heavy (non-hydrogen) atoms. The number of amides is 1. The third-order valence-electron chi connectivity index (χ3n) is 3.44. The van der Waals surface area contributed by atoms with Crippen LogP contribution in [-0.2, 0) is 11.3 Å². The molecular formula is C16H22ClN5O. The largest absolute Gasteiger partial charge is 0.352 e. The molecule has 1 aromatic carbocycles. The maximum atomic E-state index is 12.0. The highest BCUT2D eigenvalue weighted by atomic mass is 35.5. The van der Waals surface area contributed by atoms with Crippen LogP contribution in [0.2, 0.25) is 5.02 Å². The second kappa shape index (κ2) is 8.06. The highest BCUT2D eigenvalue weighted by molar-refractivity contribution is 6.33. The van der Waals surface area contributed by atoms with Gasteiger partial charge in [0, 0.05) is 11.6 Å². The fraction of sp³-hybridized carbons (Fsp3) is 0.500. The number of halogens is 1. The van der Waals surface area contributed by atoms with Crippen molar-refractivity contribution in [3.8, 4) is 11.4 Å². The summed E-state index contributed by atoms with van der Waals surface area (Å²) < 4.78 is 0. The van der Waals surface area contributed by atoms with Gasteiger partial charge in [-0.2, -0.15) is 4.80 Å². The molecule has 0 radical (unpaired) electrons. The smallest absolute Gasteiger partial charge is 0.243 e. The second-order valence-electron chi connectivity index (χ2n) is 6.06. The van der Waals surface area contributed by atoms with Gasteiger partial charge in [0.1, 0.15) is 6.54 Å². The van der Waals surface area contributed by atoms with E-state index in [1.165, 1.54) is 4.80 Å². The van der Waals surface area contributed by atoms with Crippen LogP contribution >= 0.6 is 11.6 Å². The van der Waals surface area contributed by atoms with Crippen LogP contribution in [0.4, 0.5) is 0 Å². The molecule has 1 heterocycles. The number of benzene rings is 1. The molecule has 0 fully saturated rings. The average molecular weight is 336 g/mol. The Kier molecular flexibility index (Phi) is 6.10. The molecule has 0 saturated heterocycles. The number of carbonyl (C=O) groups is 1. The lowest BCUT2D eigenvalue weighted by Gasteiger charge is -2.14. The van der Waals surface area contributed by atoms with Crippen molar-refractivity contribution in [1.29, 1.82) is 0 Å². The van der Waals surface area contributed by atoms with Crippen LogP contribution in [0.25, 0.3) is 11.4 Å². The van der Waals surface area contributed by atoms with Gasteiger partial charge in [-0.1, -0.05) is 37.6 Å². The summed E-state index contributed by atoms with van der Waals surface area (Å²) in [6.45, 7) is 6.39. The normalized spacial score (nSPS) is 12.4. The predicted octanol–water partition coefficient (Wildman–Crippen LogP) is 2.93. The molecule has 2 rings (SSSR count). The van der Waals surface area contributed by atoms with Gasteiger partial charge >= 0.3 is 0 Å². The molecule has 0 aliphatic heterocycles. The molecule has 124 valence electrons. The van der Waals surface area contributed by atoms with Crippen LogP contribution in [0.5, 0.6) is 0 Å². The summed E-state index contributed by atoms with van der Waals surface area (Å²) in [4.78, 5) is 13.3. The molecule has 0 spiro atoms. The summed E-state index contributed by atoms with van der Waals surface area (Å²) in [5.74, 6) is 0.921. The minimum absolute atomic E-state index is 0.0451. The van der Waals surface area contributed by atoms with E-state index >= 15 is 0 Å². The van der Waals surface area contributed by atoms with Crippen LogP contribution in [0.3, 0.4) is 0 Å². The van der Waals surface area contributed by atoms with Crippen LogP contribution in [0, 0.1) is 5.92 Å². The number of tetrazole rings is 1. The number of hydrogen-bond acceptors (Lipinski definition) is 4. The lowest BCUT2D eigenvalue weighted by Crippen LogP contribution is -2.35. The molecule has 0 bridgehead atoms. The Hall–Kier alpha value is -1.95. The van der Waals surface area contributed by atoms with E-state index in [1.807, 2.05) is 25.1 Å². The molecule has 7 heteroatoms. The number of rotatable bonds is 7. The first kappa shape index (κ1) is 17.4. The van der Waals surface area contributed by atoms with Gasteiger partial charge in [0.25, 0.3) is 0 Å². The van der Waals surface area contributed by atoms with E-state index in [9.17, 15) is 4.79 Å². The lowest BCUT2D eigenvalue weighted by atomic mass is 10.0. The van der Waals surface area contributed by atoms with Crippen molar-refractivity contribution in [1.82, 2.24) is 25.5 Å². The molecule has 0 aliphatic carbocycles. The van der Waals surface area contributed by atoms with Crippen molar-refractivity contribution in [2.75, 3.05) is 0 Å². The molecule has 1 aromatic heterocycles. The van der Waals surface area contributed by atoms with E-state index in [1.54, 1.807) is 6.07 Å². The van der Waals surface area contributed by atoms with Gasteiger partial charge in [-0.05, 0) is 43.0 Å². The van der Waals surface area contributed by atoms with E-state index in [-0.39, 0.29) is 18.5 Å². The monoisotopic (exact) mass is 335 g/mol. The summed E-state index contributed by atoms with van der Waals surface area (Å²) in [6, 6.07) is 7.41. The van der Waals surface area contributed by atoms with Gasteiger partial charge in [0.2, 0.25) is 11.7 Å². The maximum absolute atomic E-state index is 12.0. The molecule has 2 aromatic rings. The van der Waals surface area contributed by atoms with E-state index in [0.29, 0.717) is 22.3 Å². The van der Waals surface area contributed by atoms with Crippen LogP contribution in [0.1, 0.15) is 33.6 Å². The van der Waals surface area contributed by atoms with Gasteiger partial charge < -0.3 is 5.32 Å². The number of aromatic nitrogens is 4. The maximum Gasteiger partial charge on any atom is 0.243 e. The van der Waals surface area contributed by atoms with Gasteiger partial charge in [-0.15, -0.1) is 10.2 Å². The standard InChI is InChI=1S/C16H22ClN5O/c1-11(2)8-9-12(3)18-15(23)10-22-20-16(19-21-22)13-6-4-5-7-14(13)17/h4-7,11-12H,8-10H2,1-3H3,(H,18,23)/t12-/m0/s1. The summed E-state index contributed by atoms with van der Waals surface area (Å²) in [7, 11) is 0. The van der Waals surface area contributed by atoms with Crippen molar-refractivity contribution in [2.24, 2.45) is 5.92 Å². The minimum atomic E-state index is -0.121. The second-order valence-corrected chi connectivity index (χ2v) is 6.47. The molecular weight excluding hydrogens is 314 g/mol. The third kappa shape index (κ3) is 5.32. The fourth-order valence-corrected chi connectivity index (χ4v) is 2.39. The highest BCUT2D eigenvalue weighted by Gasteiger charge is 2.13. The quantitative estimate of drug-likeness (QED) is 0.844. The Labute approximate surface area is 141 Å². The van der Waals surface area contributed by atoms with Gasteiger partial charge in [0.05, 0.1) is 5.02 Å². The third-order valence-corrected chi connectivity index (χ3v) is 3.77. The van der Waals surface area contributed by atoms with Crippen LogP contribution < -0.4 is 5.32 Å². The predicted molar refractivity (Wildman–Crippen MR) is 89.9 cm³/mol. The Bertz CT molecular complexity index is 655. The number of hydrogen-bond donors (Lipinski definition) is 1. The molecule has 1 N–H and O–H groups in total. The Balaban J connectivity index is 1.91. The van der Waals surface area contributed by atoms with Crippen LogP contribution in [0.15, 0.2) is 24.3 Å². The van der Waals surface area contributed by atoms with Crippen molar-refractivity contribution < 1.29 is 4.79 Å². The molecule has 0 saturated carbocycles. The Morgan fingerprint density at radius 1 is 1.26 bits per heavy atom. The Morgan fingerprint density at radius 3 is 2.70 bits per heavy atom. The minimum Gasteiger partial charge on any atom is -0.352 e. The first-order chi connectivity index (χ1) is 11.0. The van der Waals surface area contributed by atoms with Gasteiger partial charge in [-0.25, -0.2) is 0 Å². The lowest BCUT2D eigenvalue weighted by molar-refractivity contribution is -0.122. The fourth-order valence-electron chi connectivity index (χ4n) is 2.16. The molecule has 1 amide bonds. The van der Waals surface area contributed by atoms with E-state index in [2.05, 4.69) is 34.6 Å². The van der Waals surface area contributed by atoms with E-state index < -0.39 is 0 Å². The number of carbonyl (C=O) groups excluding carboxylic acids is 1. The first-order valence-corrected chi connectivity index (χ1v) is 8.15. The zero-order chi connectivity index (χ0) is 16.8. The first-order valence-electron chi connectivity index (χ1n) is 7.77. The molecule has 6 nitrogen and oxygen atoms in total. The zero-order valence-electron chi connectivity index (χ0n) is 13.7. The van der Waals surface area contributed by atoms with Crippen molar-refractivity contribution in [2.45, 2.75) is 46.2 Å². The SMILES string of the molecule is CC(C)CC[C@H](C)NC(=O)Cn1nnc(-c2ccccc2Cl)n1. The van der Waals surface area contributed by atoms with Gasteiger partial charge in [0.15, 0.2) is 0 Å². The number of nitrogens with zero attached hydrogens (tertiary/aromatic N) is 4. The van der Waals surface area contributed by atoms with E-state index in [0.717, 1.165) is 12.8 Å². The van der Waals surface area contributed by atoms with Crippen molar-refractivity contribution >= 4 is 17.5 Å². The summed E-state index contributed by atoms with van der Waals surface area (Å²) >= 11 is 6.11. The summed E-state index contributed by atoms with van der Waals surface area (Å²) in [5, 5.41) is 15.6. The molecule has 0 aliphatic rings. The van der Waals surface area contributed by atoms with Crippen molar-refractivity contribution in [3.05, 3.63) is 29.3 Å². The zero-order valence-corrected chi connectivity index (χ0v) is 14.4. The average Bonchev–Trinajstić information content (AvgIpc) is 2.93. The Morgan fingerprint density at radius 2 is 2.00 bits per heavy atom. The molecule has 1 atom stereocenters. The summed E-state index contributed by atoms with van der Waals surface area (Å²) in [5.41, 5.74) is 0.700. The van der Waals surface area contributed by atoms with Crippen molar-refractivity contribution in [3.63, 3.8) is 0 Å². The van der Waals surface area contributed by atoms with E-state index in [4.69, 9.17) is 11.6 Å². The summed E-state index contributed by atoms with van der Waals surface area (Å²) in [6.07, 6.45) is 2.04. The van der Waals surface area contributed by atoms with Crippen LogP contribution in [-0.4, -0.2) is 32.2 Å². The molecule has 0 unspecified atom stereocenters. The number of nitrogens with one attached hydrogen (secondary N) is 1.